The number of hydrogen-bond acceptors (Lipinski definition) is 6. The number of halogens is 3. The molecule has 2 rings (SSSR count). The first-order valence-electron chi connectivity index (χ1n) is 8.57. The maximum Gasteiger partial charge on any atom is 0.427 e. The van der Waals surface area contributed by atoms with Crippen LogP contribution in [0.15, 0.2) is 39.9 Å². The number of alkyl halides is 3. The van der Waals surface area contributed by atoms with Gasteiger partial charge in [-0.2, -0.15) is 13.2 Å². The molecule has 30 heavy (non-hydrogen) atoms. The van der Waals surface area contributed by atoms with E-state index >= 15 is 0 Å². The highest BCUT2D eigenvalue weighted by molar-refractivity contribution is 5.99. The quantitative estimate of drug-likeness (QED) is 0.665. The topological polar surface area (TPSA) is 125 Å². The largest absolute Gasteiger partial charge is 0.464 e. The number of ether oxygens (including phenoxy) is 1. The van der Waals surface area contributed by atoms with Gasteiger partial charge in [-0.3, -0.25) is 18.7 Å². The van der Waals surface area contributed by atoms with Crippen LogP contribution >= 0.6 is 0 Å². The normalized spacial score (nSPS) is 13.4. The van der Waals surface area contributed by atoms with E-state index in [0.29, 0.717) is 9.13 Å². The number of benzene rings is 1. The van der Waals surface area contributed by atoms with Gasteiger partial charge >= 0.3 is 17.8 Å². The van der Waals surface area contributed by atoms with Crippen LogP contribution in [0.2, 0.25) is 0 Å². The number of nitrogens with one attached hydrogen (secondary N) is 1. The minimum Gasteiger partial charge on any atom is -0.464 e. The van der Waals surface area contributed by atoms with E-state index in [-0.39, 0.29) is 5.56 Å². The Morgan fingerprint density at radius 2 is 1.67 bits per heavy atom. The van der Waals surface area contributed by atoms with Crippen molar-refractivity contribution in [1.29, 1.82) is 0 Å². The third-order valence-corrected chi connectivity index (χ3v) is 4.43. The van der Waals surface area contributed by atoms with E-state index in [2.05, 4.69) is 4.74 Å². The van der Waals surface area contributed by atoms with Crippen molar-refractivity contribution in [2.45, 2.75) is 18.6 Å². The number of carbonyl (C=O) groups excluding carboxylic acids is 2. The second-order valence-corrected chi connectivity index (χ2v) is 6.25. The first-order valence-corrected chi connectivity index (χ1v) is 8.57. The van der Waals surface area contributed by atoms with Crippen molar-refractivity contribution in [3.8, 4) is 0 Å². The Morgan fingerprint density at radius 3 is 2.17 bits per heavy atom. The van der Waals surface area contributed by atoms with Crippen molar-refractivity contribution in [1.82, 2.24) is 14.5 Å². The molecule has 162 valence electrons. The molecule has 1 amide bonds. The third kappa shape index (κ3) is 3.55. The minimum absolute atomic E-state index is 0.212. The molecule has 0 radical (unpaired) electrons. The predicted octanol–water partition coefficient (Wildman–Crippen LogP) is 0.417. The molecule has 1 aromatic carbocycles. The van der Waals surface area contributed by atoms with Crippen molar-refractivity contribution in [3.05, 3.63) is 62.3 Å². The van der Waals surface area contributed by atoms with Gasteiger partial charge in [0.25, 0.3) is 17.0 Å². The summed E-state index contributed by atoms with van der Waals surface area (Å²) in [4.78, 5) is 50.0. The first-order chi connectivity index (χ1) is 13.9. The Kier molecular flexibility index (Phi) is 6.09. The van der Waals surface area contributed by atoms with E-state index < -0.39 is 52.8 Å². The summed E-state index contributed by atoms with van der Waals surface area (Å²) >= 11 is 0. The number of anilines is 1. The van der Waals surface area contributed by atoms with Crippen LogP contribution in [0.1, 0.15) is 22.8 Å². The minimum atomic E-state index is -5.55. The lowest BCUT2D eigenvalue weighted by Gasteiger charge is -2.34. The van der Waals surface area contributed by atoms with Gasteiger partial charge in [0.2, 0.25) is 0 Å². The number of nitrogens with zero attached hydrogens (tertiary/aromatic N) is 2. The maximum atomic E-state index is 14.4. The van der Waals surface area contributed by atoms with Gasteiger partial charge in [0.15, 0.2) is 0 Å². The fraction of sp³-hybridized carbons (Fsp3) is 0.333. The number of esters is 1. The van der Waals surface area contributed by atoms with Crippen LogP contribution in [0.3, 0.4) is 0 Å². The third-order valence-electron chi connectivity index (χ3n) is 4.43. The second kappa shape index (κ2) is 8.05. The number of nitrogens with two attached hydrogens (primary N) is 1. The Balaban J connectivity index is 2.94. The summed E-state index contributed by atoms with van der Waals surface area (Å²) in [5.74, 6) is -4.22. The van der Waals surface area contributed by atoms with Crippen molar-refractivity contribution in [2.24, 2.45) is 14.1 Å². The van der Waals surface area contributed by atoms with Crippen LogP contribution in [0.4, 0.5) is 19.0 Å². The lowest BCUT2D eigenvalue weighted by Crippen LogP contribution is -2.65. The second-order valence-electron chi connectivity index (χ2n) is 6.25. The van der Waals surface area contributed by atoms with Gasteiger partial charge in [0.05, 0.1) is 6.61 Å². The molecule has 0 fully saturated rings. The standard InChI is InChI=1S/C18H19F3N4O5/c1-4-30-15(28)17(18(19,20)21,23-13(26)10-8-6-5-7-9-10)11-12(22)24(2)16(29)25(3)14(11)27/h5-9H,4,22H2,1-3H3,(H,23,26)/t17-/m1/s1. The Hall–Kier alpha value is -3.57. The van der Waals surface area contributed by atoms with Crippen molar-refractivity contribution >= 4 is 17.7 Å². The van der Waals surface area contributed by atoms with Crippen LogP contribution in [0.25, 0.3) is 0 Å². The molecule has 1 atom stereocenters. The summed E-state index contributed by atoms with van der Waals surface area (Å²) < 4.78 is 48.8. The highest BCUT2D eigenvalue weighted by Crippen LogP contribution is 2.41. The summed E-state index contributed by atoms with van der Waals surface area (Å²) in [6.07, 6.45) is -5.55. The Labute approximate surface area is 167 Å². The smallest absolute Gasteiger partial charge is 0.427 e. The van der Waals surface area contributed by atoms with E-state index in [9.17, 15) is 32.3 Å². The van der Waals surface area contributed by atoms with E-state index in [1.54, 1.807) is 5.32 Å². The highest BCUT2D eigenvalue weighted by Gasteiger charge is 2.66. The zero-order chi connectivity index (χ0) is 22.9. The van der Waals surface area contributed by atoms with Gasteiger partial charge < -0.3 is 15.8 Å². The molecule has 2 aromatic rings. The SMILES string of the molecule is CCOC(=O)[C@](NC(=O)c1ccccc1)(c1c(N)n(C)c(=O)n(C)c1=O)C(F)(F)F. The van der Waals surface area contributed by atoms with E-state index in [1.807, 2.05) is 0 Å². The molecule has 0 unspecified atom stereocenters. The van der Waals surface area contributed by atoms with Gasteiger partial charge in [-0.25, -0.2) is 9.59 Å². The molecule has 0 aliphatic rings. The molecule has 9 nitrogen and oxygen atoms in total. The summed E-state index contributed by atoms with van der Waals surface area (Å²) in [6.45, 7) is 0.768. The molecular weight excluding hydrogens is 409 g/mol. The van der Waals surface area contributed by atoms with Gasteiger partial charge in [0.1, 0.15) is 11.4 Å². The predicted molar refractivity (Wildman–Crippen MR) is 99.6 cm³/mol. The highest BCUT2D eigenvalue weighted by atomic mass is 19.4. The first kappa shape index (κ1) is 22.7. The molecule has 3 N–H and O–H groups in total. The van der Waals surface area contributed by atoms with E-state index in [1.165, 1.54) is 37.3 Å². The molecule has 12 heteroatoms. The van der Waals surface area contributed by atoms with Crippen molar-refractivity contribution < 1.29 is 27.5 Å². The number of nitrogen functional groups attached to an aromatic ring is 1. The van der Waals surface area contributed by atoms with Crippen LogP contribution in [0, 0.1) is 0 Å². The summed E-state index contributed by atoms with van der Waals surface area (Å²) in [5.41, 5.74) is -2.36. The molecule has 1 aromatic heterocycles. The van der Waals surface area contributed by atoms with Crippen molar-refractivity contribution in [3.63, 3.8) is 0 Å². The molecule has 1 heterocycles. The summed E-state index contributed by atoms with van der Waals surface area (Å²) in [5, 5.41) is 1.60. The van der Waals surface area contributed by atoms with Crippen molar-refractivity contribution in [2.75, 3.05) is 12.3 Å². The van der Waals surface area contributed by atoms with Crippen LogP contribution in [-0.2, 0) is 29.2 Å². The zero-order valence-electron chi connectivity index (χ0n) is 16.2. The molecule has 0 saturated heterocycles. The molecule has 0 bridgehead atoms. The average Bonchev–Trinajstić information content (AvgIpc) is 2.69. The fourth-order valence-electron chi connectivity index (χ4n) is 2.83. The number of carbonyl (C=O) groups is 2. The van der Waals surface area contributed by atoms with Gasteiger partial charge in [-0.1, -0.05) is 18.2 Å². The number of hydrogen-bond donors (Lipinski definition) is 2. The number of rotatable bonds is 5. The van der Waals surface area contributed by atoms with Crippen LogP contribution < -0.4 is 22.3 Å². The molecular formula is C18H19F3N4O5. The van der Waals surface area contributed by atoms with Gasteiger partial charge in [0, 0.05) is 19.7 Å². The molecule has 0 saturated carbocycles. The molecule has 0 aliphatic heterocycles. The summed E-state index contributed by atoms with van der Waals surface area (Å²) in [6, 6.07) is 6.75. The fourth-order valence-corrected chi connectivity index (χ4v) is 2.83. The van der Waals surface area contributed by atoms with Gasteiger partial charge in [-0.15, -0.1) is 0 Å². The summed E-state index contributed by atoms with van der Waals surface area (Å²) in [7, 11) is 1.94. The van der Waals surface area contributed by atoms with Crippen LogP contribution in [0.5, 0.6) is 0 Å². The Bertz CT molecular complexity index is 1090. The number of aromatic nitrogens is 2. The lowest BCUT2D eigenvalue weighted by molar-refractivity contribution is -0.214. The monoisotopic (exact) mass is 428 g/mol. The molecule has 0 aliphatic carbocycles. The lowest BCUT2D eigenvalue weighted by atomic mass is 9.89. The Morgan fingerprint density at radius 1 is 1.10 bits per heavy atom. The number of amides is 1. The average molecular weight is 428 g/mol. The zero-order valence-corrected chi connectivity index (χ0v) is 16.2. The molecule has 0 spiro atoms. The van der Waals surface area contributed by atoms with E-state index in [4.69, 9.17) is 5.73 Å². The van der Waals surface area contributed by atoms with Crippen LogP contribution in [-0.4, -0.2) is 33.8 Å². The van der Waals surface area contributed by atoms with Gasteiger partial charge in [-0.05, 0) is 19.1 Å². The maximum absolute atomic E-state index is 14.4. The van der Waals surface area contributed by atoms with E-state index in [0.717, 1.165) is 14.1 Å².